The second-order valence-electron chi connectivity index (χ2n) is 7.00. The molecule has 2 aromatic rings. The van der Waals surface area contributed by atoms with Crippen LogP contribution >= 0.6 is 0 Å². The van der Waals surface area contributed by atoms with E-state index in [1.165, 1.54) is 5.56 Å². The van der Waals surface area contributed by atoms with Crippen LogP contribution in [0.1, 0.15) is 49.7 Å². The molecule has 1 fully saturated rings. The van der Waals surface area contributed by atoms with Crippen molar-refractivity contribution < 1.29 is 17.9 Å². The van der Waals surface area contributed by atoms with Crippen molar-refractivity contribution in [3.63, 3.8) is 0 Å². The molecule has 0 aromatic heterocycles. The van der Waals surface area contributed by atoms with Crippen LogP contribution in [0.3, 0.4) is 0 Å². The molecule has 0 saturated heterocycles. The fraction of sp³-hybridized carbons (Fsp3) is 0.455. The van der Waals surface area contributed by atoms with Gasteiger partial charge in [-0.15, -0.1) is 0 Å². The van der Waals surface area contributed by atoms with Gasteiger partial charge in [0, 0.05) is 0 Å². The van der Waals surface area contributed by atoms with Crippen molar-refractivity contribution in [1.29, 1.82) is 0 Å². The Balaban J connectivity index is 1.79. The summed E-state index contributed by atoms with van der Waals surface area (Å²) in [7, 11) is 0. The standard InChI is InChI=1S/C22H25F3O/c1-2-5-15-8-10-16(11-9-15)18-6-3-4-7-19(18)17-12-13-21(20(23)14-17)26-22(24)25/h3-4,6-11,17,20-22H,2,5,12-14H2,1H3. The van der Waals surface area contributed by atoms with Crippen molar-refractivity contribution in [1.82, 2.24) is 0 Å². The molecular weight excluding hydrogens is 337 g/mol. The zero-order valence-electron chi connectivity index (χ0n) is 15.0. The van der Waals surface area contributed by atoms with Gasteiger partial charge >= 0.3 is 6.61 Å². The highest BCUT2D eigenvalue weighted by Gasteiger charge is 2.34. The molecule has 1 saturated carbocycles. The maximum absolute atomic E-state index is 14.4. The fourth-order valence-corrected chi connectivity index (χ4v) is 3.91. The normalized spacial score (nSPS) is 23.3. The number of halogens is 3. The number of alkyl halides is 3. The largest absolute Gasteiger partial charge is 0.345 e. The Morgan fingerprint density at radius 3 is 2.42 bits per heavy atom. The molecule has 3 unspecified atom stereocenters. The zero-order chi connectivity index (χ0) is 18.5. The summed E-state index contributed by atoms with van der Waals surface area (Å²) >= 11 is 0. The van der Waals surface area contributed by atoms with Crippen LogP contribution in [0.5, 0.6) is 0 Å². The summed E-state index contributed by atoms with van der Waals surface area (Å²) < 4.78 is 43.6. The van der Waals surface area contributed by atoms with Crippen molar-refractivity contribution in [2.45, 2.75) is 63.8 Å². The van der Waals surface area contributed by atoms with Crippen LogP contribution in [-0.2, 0) is 11.2 Å². The van der Waals surface area contributed by atoms with E-state index in [-0.39, 0.29) is 12.3 Å². The number of ether oxygens (including phenoxy) is 1. The second-order valence-corrected chi connectivity index (χ2v) is 7.00. The molecule has 0 spiro atoms. The van der Waals surface area contributed by atoms with Crippen molar-refractivity contribution in [3.05, 3.63) is 59.7 Å². The average molecular weight is 362 g/mol. The molecule has 1 aliphatic rings. The number of hydrogen-bond acceptors (Lipinski definition) is 1. The van der Waals surface area contributed by atoms with E-state index in [4.69, 9.17) is 0 Å². The van der Waals surface area contributed by atoms with Crippen molar-refractivity contribution in [2.75, 3.05) is 0 Å². The highest BCUT2D eigenvalue weighted by Crippen LogP contribution is 2.40. The van der Waals surface area contributed by atoms with Gasteiger partial charge in [-0.2, -0.15) is 8.78 Å². The van der Waals surface area contributed by atoms with E-state index in [1.807, 2.05) is 18.2 Å². The van der Waals surface area contributed by atoms with Crippen LogP contribution in [0.4, 0.5) is 13.2 Å². The molecule has 0 aliphatic heterocycles. The maximum Gasteiger partial charge on any atom is 0.345 e. The number of benzene rings is 2. The molecule has 4 heteroatoms. The first-order chi connectivity index (χ1) is 12.6. The molecule has 0 bridgehead atoms. The minimum Gasteiger partial charge on any atom is -0.317 e. The Labute approximate surface area is 153 Å². The van der Waals surface area contributed by atoms with Gasteiger partial charge in [0.15, 0.2) is 0 Å². The second kappa shape index (κ2) is 8.72. The Bertz CT molecular complexity index is 699. The first kappa shape index (κ1) is 19.0. The Kier molecular flexibility index (Phi) is 6.36. The van der Waals surface area contributed by atoms with E-state index < -0.39 is 18.9 Å². The summed E-state index contributed by atoms with van der Waals surface area (Å²) in [6.45, 7) is -0.756. The molecule has 0 heterocycles. The molecule has 1 aliphatic carbocycles. The minimum atomic E-state index is -2.91. The van der Waals surface area contributed by atoms with Gasteiger partial charge in [0.1, 0.15) is 6.17 Å². The van der Waals surface area contributed by atoms with E-state index >= 15 is 0 Å². The maximum atomic E-state index is 14.4. The average Bonchev–Trinajstić information content (AvgIpc) is 2.64. The van der Waals surface area contributed by atoms with Crippen LogP contribution < -0.4 is 0 Å². The van der Waals surface area contributed by atoms with Crippen LogP contribution in [0, 0.1) is 0 Å². The van der Waals surface area contributed by atoms with Crippen molar-refractivity contribution >= 4 is 0 Å². The third-order valence-electron chi connectivity index (χ3n) is 5.19. The van der Waals surface area contributed by atoms with Crippen molar-refractivity contribution in [3.8, 4) is 11.1 Å². The molecular formula is C22H25F3O. The van der Waals surface area contributed by atoms with E-state index in [0.717, 1.165) is 29.5 Å². The van der Waals surface area contributed by atoms with Crippen LogP contribution in [0.2, 0.25) is 0 Å². The zero-order valence-corrected chi connectivity index (χ0v) is 15.0. The summed E-state index contributed by atoms with van der Waals surface area (Å²) in [5.41, 5.74) is 4.61. The van der Waals surface area contributed by atoms with Gasteiger partial charge in [-0.25, -0.2) is 4.39 Å². The van der Waals surface area contributed by atoms with Gasteiger partial charge in [0.25, 0.3) is 0 Å². The first-order valence-electron chi connectivity index (χ1n) is 9.34. The summed E-state index contributed by atoms with van der Waals surface area (Å²) in [6.07, 6.45) is 1.01. The lowest BCUT2D eigenvalue weighted by Crippen LogP contribution is -2.33. The number of rotatable bonds is 6. The van der Waals surface area contributed by atoms with E-state index in [0.29, 0.717) is 12.8 Å². The highest BCUT2D eigenvalue weighted by molar-refractivity contribution is 5.68. The number of aryl methyl sites for hydroxylation is 1. The summed E-state index contributed by atoms with van der Waals surface area (Å²) in [4.78, 5) is 0. The summed E-state index contributed by atoms with van der Waals surface area (Å²) in [5.74, 6) is 0.0223. The number of hydrogen-bond donors (Lipinski definition) is 0. The van der Waals surface area contributed by atoms with E-state index in [2.05, 4.69) is 42.0 Å². The lowest BCUT2D eigenvalue weighted by molar-refractivity contribution is -0.186. The molecule has 3 atom stereocenters. The van der Waals surface area contributed by atoms with Crippen LogP contribution in [0.25, 0.3) is 11.1 Å². The molecule has 140 valence electrons. The molecule has 0 amide bonds. The van der Waals surface area contributed by atoms with Gasteiger partial charge in [-0.1, -0.05) is 61.9 Å². The van der Waals surface area contributed by atoms with E-state index in [9.17, 15) is 13.2 Å². The lowest BCUT2D eigenvalue weighted by atomic mass is 9.79. The Hall–Kier alpha value is -1.81. The lowest BCUT2D eigenvalue weighted by Gasteiger charge is -2.32. The predicted molar refractivity (Wildman–Crippen MR) is 98.2 cm³/mol. The van der Waals surface area contributed by atoms with Gasteiger partial charge in [-0.3, -0.25) is 0 Å². The first-order valence-corrected chi connectivity index (χ1v) is 9.34. The Morgan fingerprint density at radius 1 is 1.04 bits per heavy atom. The fourth-order valence-electron chi connectivity index (χ4n) is 3.91. The molecule has 26 heavy (non-hydrogen) atoms. The topological polar surface area (TPSA) is 9.23 Å². The van der Waals surface area contributed by atoms with Crippen molar-refractivity contribution in [2.24, 2.45) is 0 Å². The predicted octanol–water partition coefficient (Wildman–Crippen LogP) is 6.52. The third kappa shape index (κ3) is 4.47. The van der Waals surface area contributed by atoms with Gasteiger partial charge in [-0.05, 0) is 53.9 Å². The van der Waals surface area contributed by atoms with E-state index in [1.54, 1.807) is 0 Å². The van der Waals surface area contributed by atoms with Crippen LogP contribution in [-0.4, -0.2) is 18.9 Å². The van der Waals surface area contributed by atoms with Gasteiger partial charge in [0.2, 0.25) is 0 Å². The SMILES string of the molecule is CCCc1ccc(-c2ccccc2C2CCC(OC(F)F)C(F)C2)cc1. The minimum absolute atomic E-state index is 0.0223. The molecule has 3 rings (SSSR count). The molecule has 0 radical (unpaired) electrons. The summed E-state index contributed by atoms with van der Waals surface area (Å²) in [6, 6.07) is 16.5. The van der Waals surface area contributed by atoms with Gasteiger partial charge < -0.3 is 4.74 Å². The Morgan fingerprint density at radius 2 is 1.77 bits per heavy atom. The molecule has 2 aromatic carbocycles. The van der Waals surface area contributed by atoms with Crippen LogP contribution in [0.15, 0.2) is 48.5 Å². The third-order valence-corrected chi connectivity index (χ3v) is 5.19. The smallest absolute Gasteiger partial charge is 0.317 e. The monoisotopic (exact) mass is 362 g/mol. The van der Waals surface area contributed by atoms with Gasteiger partial charge in [0.05, 0.1) is 6.10 Å². The molecule has 1 nitrogen and oxygen atoms in total. The highest BCUT2D eigenvalue weighted by atomic mass is 19.3. The summed E-state index contributed by atoms with van der Waals surface area (Å²) in [5, 5.41) is 0. The molecule has 0 N–H and O–H groups in total. The quantitative estimate of drug-likeness (QED) is 0.568.